The fourth-order valence-electron chi connectivity index (χ4n) is 2.58. The van der Waals surface area contributed by atoms with Crippen LogP contribution >= 0.6 is 35.4 Å². The van der Waals surface area contributed by atoms with E-state index in [0.29, 0.717) is 0 Å². The number of thiocarbonyl (C=S) groups is 1. The van der Waals surface area contributed by atoms with E-state index in [1.807, 2.05) is 0 Å². The molecule has 0 aliphatic heterocycles. The number of carbonyl (C=O) groups excluding carboxylic acids is 1. The Morgan fingerprint density at radius 1 is 1.41 bits per heavy atom. The van der Waals surface area contributed by atoms with Gasteiger partial charge in [-0.05, 0) is 29.9 Å². The molecule has 120 valence electrons. The van der Waals surface area contributed by atoms with Crippen molar-refractivity contribution in [2.75, 3.05) is 7.05 Å². The third kappa shape index (κ3) is 3.01. The molecule has 1 fully saturated rings. The van der Waals surface area contributed by atoms with Crippen molar-refractivity contribution in [3.05, 3.63) is 28.0 Å². The molecule has 10 heteroatoms. The molecule has 0 unspecified atom stereocenters. The van der Waals surface area contributed by atoms with Gasteiger partial charge in [0.15, 0.2) is 5.11 Å². The average Bonchev–Trinajstić information content (AvgIpc) is 2.34. The van der Waals surface area contributed by atoms with Gasteiger partial charge in [0.05, 0.1) is 5.41 Å². The molecule has 0 saturated heterocycles. The maximum absolute atomic E-state index is 13.5. The second-order valence-corrected chi connectivity index (χ2v) is 6.19. The van der Waals surface area contributed by atoms with Gasteiger partial charge >= 0.3 is 0 Å². The molecule has 22 heavy (non-hydrogen) atoms. The molecule has 1 aromatic rings. The zero-order chi connectivity index (χ0) is 16.7. The van der Waals surface area contributed by atoms with Crippen LogP contribution < -0.4 is 11.2 Å². The van der Waals surface area contributed by atoms with Crippen LogP contribution in [0.25, 0.3) is 0 Å². The fraction of sp³-hybridized carbons (Fsp3) is 0.417. The molecule has 2 rings (SSSR count). The van der Waals surface area contributed by atoms with E-state index in [1.54, 1.807) is 0 Å². The average molecular weight is 369 g/mol. The van der Waals surface area contributed by atoms with Gasteiger partial charge in [-0.2, -0.15) is 0 Å². The lowest BCUT2D eigenvalue weighted by atomic mass is 9.61. The van der Waals surface area contributed by atoms with Gasteiger partial charge in [0.25, 0.3) is 11.8 Å². The Kier molecular flexibility index (Phi) is 4.59. The van der Waals surface area contributed by atoms with Crippen molar-refractivity contribution in [1.82, 2.24) is 15.4 Å². The lowest BCUT2D eigenvalue weighted by molar-refractivity contribution is -0.166. The molecule has 0 spiro atoms. The van der Waals surface area contributed by atoms with E-state index in [2.05, 4.69) is 10.4 Å². The number of alkyl halides is 2. The fourth-order valence-corrected chi connectivity index (χ4v) is 3.21. The van der Waals surface area contributed by atoms with Crippen molar-refractivity contribution in [3.8, 4) is 0 Å². The van der Waals surface area contributed by atoms with Crippen LogP contribution in [0.2, 0.25) is 10.3 Å². The van der Waals surface area contributed by atoms with Crippen LogP contribution in [0, 0.1) is 0 Å². The molecule has 1 amide bonds. The summed E-state index contributed by atoms with van der Waals surface area (Å²) in [6, 6.07) is 2.68. The summed E-state index contributed by atoms with van der Waals surface area (Å²) in [6.07, 6.45) is -1.37. The molecule has 1 heterocycles. The summed E-state index contributed by atoms with van der Waals surface area (Å²) in [5.41, 5.74) is 6.69. The van der Waals surface area contributed by atoms with Crippen LogP contribution in [-0.4, -0.2) is 34.0 Å². The molecule has 1 aliphatic rings. The van der Waals surface area contributed by atoms with Crippen LogP contribution in [0.1, 0.15) is 18.4 Å². The minimum atomic E-state index is -2.96. The van der Waals surface area contributed by atoms with Crippen molar-refractivity contribution >= 4 is 46.4 Å². The monoisotopic (exact) mass is 368 g/mol. The normalized spacial score (nSPS) is 18.4. The molecule has 0 radical (unpaired) electrons. The number of nitrogens with two attached hydrogens (primary N) is 1. The first kappa shape index (κ1) is 17.3. The minimum absolute atomic E-state index is 0.0104. The Bertz CT molecular complexity index is 615. The molecular weight excluding hydrogens is 357 g/mol. The molecular formula is C12H12Cl2F2N4OS. The third-order valence-corrected chi connectivity index (χ3v) is 4.06. The van der Waals surface area contributed by atoms with E-state index in [-0.39, 0.29) is 21.0 Å². The van der Waals surface area contributed by atoms with Gasteiger partial charge in [-0.15, -0.1) is 0 Å². The Labute approximate surface area is 140 Å². The first-order valence-electron chi connectivity index (χ1n) is 6.14. The number of amides is 1. The summed E-state index contributed by atoms with van der Waals surface area (Å²) in [6.45, 7) is 0. The highest BCUT2D eigenvalue weighted by molar-refractivity contribution is 7.80. The Balaban J connectivity index is 2.50. The number of nitrogens with one attached hydrogen (secondary N) is 1. The molecule has 1 saturated carbocycles. The number of halogens is 4. The number of hydrazine groups is 1. The molecule has 5 nitrogen and oxygen atoms in total. The van der Waals surface area contributed by atoms with E-state index in [1.165, 1.54) is 19.2 Å². The maximum Gasteiger partial charge on any atom is 0.254 e. The van der Waals surface area contributed by atoms with Gasteiger partial charge in [0, 0.05) is 19.9 Å². The maximum atomic E-state index is 13.5. The summed E-state index contributed by atoms with van der Waals surface area (Å²) in [5.74, 6) is -3.65. The number of hydrogen-bond acceptors (Lipinski definition) is 4. The lowest BCUT2D eigenvalue weighted by Gasteiger charge is -2.47. The van der Waals surface area contributed by atoms with Gasteiger partial charge in [-0.3, -0.25) is 4.79 Å². The van der Waals surface area contributed by atoms with Gasteiger partial charge in [0.2, 0.25) is 0 Å². The first-order valence-corrected chi connectivity index (χ1v) is 7.30. The van der Waals surface area contributed by atoms with Crippen LogP contribution in [0.4, 0.5) is 8.78 Å². The second kappa shape index (κ2) is 5.84. The van der Waals surface area contributed by atoms with Crippen LogP contribution in [-0.2, 0) is 10.2 Å². The SMILES string of the molecule is CNN(C(=O)C1(c2cc(Cl)nc(Cl)c2)CC(F)(F)C1)C(N)=S. The molecule has 1 aromatic heterocycles. The standard InChI is InChI=1S/C12H12Cl2F2N4OS/c1-18-20(10(17)22)9(21)11(4-12(15,16)5-11)6-2-7(13)19-8(14)3-6/h2-3,18H,4-5H2,1H3,(H2,17,22). The summed E-state index contributed by atoms with van der Waals surface area (Å²) >= 11 is 16.4. The van der Waals surface area contributed by atoms with E-state index in [4.69, 9.17) is 41.2 Å². The van der Waals surface area contributed by atoms with Crippen molar-refractivity contribution in [2.24, 2.45) is 5.73 Å². The van der Waals surface area contributed by atoms with E-state index < -0.39 is 30.1 Å². The predicted octanol–water partition coefficient (Wildman–Crippen LogP) is 2.26. The topological polar surface area (TPSA) is 71.2 Å². The summed E-state index contributed by atoms with van der Waals surface area (Å²) in [4.78, 5) is 16.4. The Morgan fingerprint density at radius 2 is 1.91 bits per heavy atom. The summed E-state index contributed by atoms with van der Waals surface area (Å²) < 4.78 is 27.0. The van der Waals surface area contributed by atoms with Crippen LogP contribution in [0.3, 0.4) is 0 Å². The lowest BCUT2D eigenvalue weighted by Crippen LogP contribution is -2.63. The number of aromatic nitrogens is 1. The van der Waals surface area contributed by atoms with E-state index in [9.17, 15) is 13.6 Å². The second-order valence-electron chi connectivity index (χ2n) is 5.00. The van der Waals surface area contributed by atoms with Crippen LogP contribution in [0.15, 0.2) is 12.1 Å². The third-order valence-electron chi connectivity index (χ3n) is 3.49. The highest BCUT2D eigenvalue weighted by Crippen LogP contribution is 2.54. The summed E-state index contributed by atoms with van der Waals surface area (Å²) in [5, 5.41) is 0.605. The van der Waals surface area contributed by atoms with Crippen molar-refractivity contribution in [2.45, 2.75) is 24.2 Å². The van der Waals surface area contributed by atoms with E-state index >= 15 is 0 Å². The van der Waals surface area contributed by atoms with E-state index in [0.717, 1.165) is 5.01 Å². The van der Waals surface area contributed by atoms with Crippen molar-refractivity contribution < 1.29 is 13.6 Å². The molecule has 0 aromatic carbocycles. The zero-order valence-corrected chi connectivity index (χ0v) is 13.7. The predicted molar refractivity (Wildman–Crippen MR) is 82.8 cm³/mol. The number of hydrogen-bond donors (Lipinski definition) is 2. The number of pyridine rings is 1. The number of carbonyl (C=O) groups is 1. The van der Waals surface area contributed by atoms with Gasteiger partial charge in [0.1, 0.15) is 10.3 Å². The van der Waals surface area contributed by atoms with Gasteiger partial charge < -0.3 is 5.73 Å². The highest BCUT2D eigenvalue weighted by atomic mass is 35.5. The largest absolute Gasteiger partial charge is 0.375 e. The van der Waals surface area contributed by atoms with Crippen molar-refractivity contribution in [1.29, 1.82) is 0 Å². The molecule has 0 bridgehead atoms. The smallest absolute Gasteiger partial charge is 0.254 e. The Morgan fingerprint density at radius 3 is 2.27 bits per heavy atom. The van der Waals surface area contributed by atoms with Crippen molar-refractivity contribution in [3.63, 3.8) is 0 Å². The molecule has 1 aliphatic carbocycles. The quantitative estimate of drug-likeness (QED) is 0.486. The minimum Gasteiger partial charge on any atom is -0.375 e. The van der Waals surface area contributed by atoms with Gasteiger partial charge in [-0.1, -0.05) is 23.2 Å². The highest BCUT2D eigenvalue weighted by Gasteiger charge is 2.63. The number of nitrogens with zero attached hydrogens (tertiary/aromatic N) is 2. The van der Waals surface area contributed by atoms with Crippen LogP contribution in [0.5, 0.6) is 0 Å². The van der Waals surface area contributed by atoms with Gasteiger partial charge in [-0.25, -0.2) is 24.2 Å². The first-order chi connectivity index (χ1) is 10.1. The Hall–Kier alpha value is -1.09. The summed E-state index contributed by atoms with van der Waals surface area (Å²) in [7, 11) is 1.41. The zero-order valence-electron chi connectivity index (χ0n) is 11.4. The number of rotatable bonds is 3. The molecule has 3 N–H and O–H groups in total. The molecule has 0 atom stereocenters.